The highest BCUT2D eigenvalue weighted by Crippen LogP contribution is 2.38. The van der Waals surface area contributed by atoms with E-state index in [4.69, 9.17) is 0 Å². The zero-order valence-electron chi connectivity index (χ0n) is 9.34. The molecular formula is C12H23NO. The Balaban J connectivity index is 1.93. The monoisotopic (exact) mass is 197 g/mol. The largest absolute Gasteiger partial charge is 0.390 e. The Hall–Kier alpha value is -0.0800. The number of likely N-dealkylation sites (tertiary alicyclic amines) is 1. The van der Waals surface area contributed by atoms with Crippen LogP contribution < -0.4 is 0 Å². The van der Waals surface area contributed by atoms with E-state index < -0.39 is 0 Å². The van der Waals surface area contributed by atoms with Gasteiger partial charge < -0.3 is 10.0 Å². The molecular weight excluding hydrogens is 174 g/mol. The molecule has 2 fully saturated rings. The molecule has 0 spiro atoms. The third-order valence-corrected chi connectivity index (χ3v) is 4.20. The van der Waals surface area contributed by atoms with Crippen molar-refractivity contribution >= 4 is 0 Å². The maximum absolute atomic E-state index is 10.6. The van der Waals surface area contributed by atoms with Gasteiger partial charge in [0.15, 0.2) is 0 Å². The van der Waals surface area contributed by atoms with Gasteiger partial charge in [-0.05, 0) is 32.4 Å². The molecule has 2 heteroatoms. The summed E-state index contributed by atoms with van der Waals surface area (Å²) in [5.74, 6) is 0.558. The van der Waals surface area contributed by atoms with E-state index in [2.05, 4.69) is 11.8 Å². The summed E-state index contributed by atoms with van der Waals surface area (Å²) >= 11 is 0. The minimum Gasteiger partial charge on any atom is -0.390 e. The van der Waals surface area contributed by atoms with Gasteiger partial charge in [-0.25, -0.2) is 0 Å². The first-order valence-corrected chi connectivity index (χ1v) is 6.19. The molecule has 1 atom stereocenters. The fourth-order valence-electron chi connectivity index (χ4n) is 3.13. The van der Waals surface area contributed by atoms with Crippen LogP contribution in [0.1, 0.15) is 45.4 Å². The molecule has 0 aromatic rings. The maximum atomic E-state index is 10.6. The number of aliphatic hydroxyl groups is 1. The van der Waals surface area contributed by atoms with Gasteiger partial charge in [0.2, 0.25) is 0 Å². The van der Waals surface area contributed by atoms with Crippen LogP contribution in [0.5, 0.6) is 0 Å². The first kappa shape index (κ1) is 10.4. The fraction of sp³-hybridized carbons (Fsp3) is 1.00. The molecule has 14 heavy (non-hydrogen) atoms. The Morgan fingerprint density at radius 1 is 1.29 bits per heavy atom. The molecule has 0 radical (unpaired) electrons. The van der Waals surface area contributed by atoms with Gasteiger partial charge in [-0.3, -0.25) is 0 Å². The van der Waals surface area contributed by atoms with E-state index >= 15 is 0 Å². The van der Waals surface area contributed by atoms with E-state index in [1.807, 2.05) is 0 Å². The third kappa shape index (κ3) is 1.96. The van der Waals surface area contributed by atoms with Crippen LogP contribution in [0.25, 0.3) is 0 Å². The second-order valence-electron chi connectivity index (χ2n) is 5.04. The van der Waals surface area contributed by atoms with Crippen molar-refractivity contribution < 1.29 is 5.11 Å². The molecule has 0 aromatic carbocycles. The van der Waals surface area contributed by atoms with Crippen molar-refractivity contribution in [3.05, 3.63) is 0 Å². The van der Waals surface area contributed by atoms with Crippen molar-refractivity contribution in [2.75, 3.05) is 19.6 Å². The number of nitrogens with zero attached hydrogens (tertiary/aromatic N) is 1. The molecule has 2 aliphatic rings. The molecule has 1 N–H and O–H groups in total. The first-order chi connectivity index (χ1) is 6.74. The van der Waals surface area contributed by atoms with Crippen LogP contribution in [0.15, 0.2) is 0 Å². The second kappa shape index (κ2) is 4.19. The van der Waals surface area contributed by atoms with E-state index in [0.717, 1.165) is 25.9 Å². The van der Waals surface area contributed by atoms with Gasteiger partial charge in [-0.1, -0.05) is 26.2 Å². The lowest BCUT2D eigenvalue weighted by Gasteiger charge is -2.37. The van der Waals surface area contributed by atoms with Crippen molar-refractivity contribution in [2.24, 2.45) is 5.92 Å². The summed E-state index contributed by atoms with van der Waals surface area (Å²) in [6.45, 7) is 5.69. The zero-order chi connectivity index (χ0) is 10.0. The summed E-state index contributed by atoms with van der Waals surface area (Å²) in [4.78, 5) is 2.47. The Bertz CT molecular complexity index is 187. The highest BCUT2D eigenvalue weighted by Gasteiger charge is 2.40. The SMILES string of the molecule is CCN1CCC(C2(O)CCCCC2)C1. The predicted octanol–water partition coefficient (Wildman–Crippen LogP) is 2.02. The molecule has 1 saturated carbocycles. The fourth-order valence-corrected chi connectivity index (χ4v) is 3.13. The summed E-state index contributed by atoms with van der Waals surface area (Å²) in [5.41, 5.74) is -0.303. The van der Waals surface area contributed by atoms with Crippen molar-refractivity contribution in [3.63, 3.8) is 0 Å². The summed E-state index contributed by atoms with van der Waals surface area (Å²) in [6, 6.07) is 0. The second-order valence-corrected chi connectivity index (χ2v) is 5.04. The Kier molecular flexibility index (Phi) is 3.13. The first-order valence-electron chi connectivity index (χ1n) is 6.19. The zero-order valence-corrected chi connectivity index (χ0v) is 9.34. The smallest absolute Gasteiger partial charge is 0.0688 e. The van der Waals surface area contributed by atoms with Crippen molar-refractivity contribution in [2.45, 2.75) is 51.0 Å². The Morgan fingerprint density at radius 3 is 2.57 bits per heavy atom. The third-order valence-electron chi connectivity index (χ3n) is 4.20. The lowest BCUT2D eigenvalue weighted by atomic mass is 9.75. The molecule has 1 saturated heterocycles. The lowest BCUT2D eigenvalue weighted by Crippen LogP contribution is -2.41. The standard InChI is InChI=1S/C12H23NO/c1-2-13-9-6-11(10-13)12(14)7-4-3-5-8-12/h11,14H,2-10H2,1H3. The van der Waals surface area contributed by atoms with Crippen LogP contribution in [-0.2, 0) is 0 Å². The molecule has 0 amide bonds. The molecule has 2 rings (SSSR count). The average Bonchev–Trinajstić information content (AvgIpc) is 2.67. The van der Waals surface area contributed by atoms with Gasteiger partial charge in [-0.2, -0.15) is 0 Å². The molecule has 0 bridgehead atoms. The molecule has 2 nitrogen and oxygen atoms in total. The minimum atomic E-state index is -0.303. The highest BCUT2D eigenvalue weighted by atomic mass is 16.3. The normalized spacial score (nSPS) is 33.4. The maximum Gasteiger partial charge on any atom is 0.0688 e. The topological polar surface area (TPSA) is 23.5 Å². The van der Waals surface area contributed by atoms with Gasteiger partial charge >= 0.3 is 0 Å². The summed E-state index contributed by atoms with van der Waals surface area (Å²) < 4.78 is 0. The van der Waals surface area contributed by atoms with E-state index in [9.17, 15) is 5.11 Å². The number of hydrogen-bond donors (Lipinski definition) is 1. The highest BCUT2D eigenvalue weighted by molar-refractivity contribution is 4.93. The van der Waals surface area contributed by atoms with Crippen LogP contribution in [0.3, 0.4) is 0 Å². The van der Waals surface area contributed by atoms with E-state index in [1.54, 1.807) is 0 Å². The van der Waals surface area contributed by atoms with Crippen molar-refractivity contribution in [1.82, 2.24) is 4.90 Å². The number of rotatable bonds is 2. The summed E-state index contributed by atoms with van der Waals surface area (Å²) in [6.07, 6.45) is 7.11. The predicted molar refractivity (Wildman–Crippen MR) is 58.3 cm³/mol. The van der Waals surface area contributed by atoms with Gasteiger partial charge in [0, 0.05) is 12.5 Å². The molecule has 82 valence electrons. The van der Waals surface area contributed by atoms with Crippen LogP contribution in [0.2, 0.25) is 0 Å². The average molecular weight is 197 g/mol. The van der Waals surface area contributed by atoms with Gasteiger partial charge in [0.1, 0.15) is 0 Å². The van der Waals surface area contributed by atoms with Crippen LogP contribution >= 0.6 is 0 Å². The molecule has 0 aromatic heterocycles. The molecule has 1 aliphatic carbocycles. The van der Waals surface area contributed by atoms with Gasteiger partial charge in [-0.15, -0.1) is 0 Å². The Labute approximate surface area is 87.3 Å². The van der Waals surface area contributed by atoms with E-state index in [0.29, 0.717) is 5.92 Å². The van der Waals surface area contributed by atoms with Crippen LogP contribution in [-0.4, -0.2) is 35.2 Å². The lowest BCUT2D eigenvalue weighted by molar-refractivity contribution is -0.0453. The minimum absolute atomic E-state index is 0.303. The summed E-state index contributed by atoms with van der Waals surface area (Å²) in [7, 11) is 0. The molecule has 1 aliphatic heterocycles. The van der Waals surface area contributed by atoms with Gasteiger partial charge in [0.05, 0.1) is 5.60 Å². The number of hydrogen-bond acceptors (Lipinski definition) is 2. The summed E-state index contributed by atoms with van der Waals surface area (Å²) in [5, 5.41) is 10.6. The van der Waals surface area contributed by atoms with E-state index in [1.165, 1.54) is 32.2 Å². The van der Waals surface area contributed by atoms with E-state index in [-0.39, 0.29) is 5.60 Å². The van der Waals surface area contributed by atoms with Crippen LogP contribution in [0, 0.1) is 5.92 Å². The Morgan fingerprint density at radius 2 is 2.00 bits per heavy atom. The van der Waals surface area contributed by atoms with Crippen molar-refractivity contribution in [1.29, 1.82) is 0 Å². The molecule has 1 heterocycles. The quantitative estimate of drug-likeness (QED) is 0.732. The van der Waals surface area contributed by atoms with Crippen molar-refractivity contribution in [3.8, 4) is 0 Å². The van der Waals surface area contributed by atoms with Gasteiger partial charge in [0.25, 0.3) is 0 Å². The van der Waals surface area contributed by atoms with Crippen LogP contribution in [0.4, 0.5) is 0 Å². The molecule has 1 unspecified atom stereocenters.